The zero-order valence-corrected chi connectivity index (χ0v) is 18.4. The quantitative estimate of drug-likeness (QED) is 0.352. The molecule has 2 heterocycles. The minimum absolute atomic E-state index is 0.0546. The maximum Gasteiger partial charge on any atom is 0.257 e. The highest BCUT2D eigenvalue weighted by atomic mass is 32.1. The molecule has 164 valence electrons. The number of anilines is 2. The molecule has 0 unspecified atom stereocenters. The summed E-state index contributed by atoms with van der Waals surface area (Å²) in [5.74, 6) is 0.0383. The number of para-hydroxylation sites is 1. The average molecular weight is 458 g/mol. The number of carbonyl (C=O) groups is 2. The first-order chi connectivity index (χ1) is 16.1. The van der Waals surface area contributed by atoms with Gasteiger partial charge >= 0.3 is 0 Å². The fourth-order valence-corrected chi connectivity index (χ4v) is 4.29. The van der Waals surface area contributed by atoms with E-state index in [0.29, 0.717) is 33.4 Å². The first-order valence-electron chi connectivity index (χ1n) is 10.2. The van der Waals surface area contributed by atoms with Gasteiger partial charge in [0.2, 0.25) is 5.91 Å². The molecule has 5 aromatic rings. The van der Waals surface area contributed by atoms with Crippen LogP contribution >= 0.6 is 11.3 Å². The summed E-state index contributed by atoms with van der Waals surface area (Å²) >= 11 is 1.27. The molecule has 0 spiro atoms. The summed E-state index contributed by atoms with van der Waals surface area (Å²) in [7, 11) is 1.56. The van der Waals surface area contributed by atoms with Gasteiger partial charge in [0.15, 0.2) is 5.13 Å². The van der Waals surface area contributed by atoms with Crippen molar-refractivity contribution in [1.29, 1.82) is 0 Å². The van der Waals surface area contributed by atoms with Gasteiger partial charge in [-0.05, 0) is 24.3 Å². The topological polar surface area (TPSA) is 93.5 Å². The molecular formula is C25H19N3O4S. The summed E-state index contributed by atoms with van der Waals surface area (Å²) in [6.07, 6.45) is 0.0546. The van der Waals surface area contributed by atoms with Gasteiger partial charge in [-0.2, -0.15) is 0 Å². The highest BCUT2D eigenvalue weighted by Gasteiger charge is 2.16. The van der Waals surface area contributed by atoms with E-state index in [-0.39, 0.29) is 18.2 Å². The minimum Gasteiger partial charge on any atom is -0.495 e. The molecule has 0 saturated heterocycles. The SMILES string of the molecule is COc1cc2c(cc1NC(=O)Cc1csc(NC(=O)c3ccccc3)n1)oc1ccccc12. The number of nitrogens with one attached hydrogen (secondary N) is 2. The lowest BCUT2D eigenvalue weighted by atomic mass is 10.1. The normalized spacial score (nSPS) is 10.9. The summed E-state index contributed by atoms with van der Waals surface area (Å²) in [5.41, 5.74) is 3.05. The van der Waals surface area contributed by atoms with Crippen LogP contribution in [0.15, 0.2) is 76.5 Å². The van der Waals surface area contributed by atoms with Crippen molar-refractivity contribution >= 4 is 55.9 Å². The third-order valence-corrected chi connectivity index (χ3v) is 5.93. The number of ether oxygens (including phenoxy) is 1. The van der Waals surface area contributed by atoms with Crippen LogP contribution in [0.3, 0.4) is 0 Å². The molecule has 8 heteroatoms. The third kappa shape index (κ3) is 4.28. The van der Waals surface area contributed by atoms with Gasteiger partial charge in [0.25, 0.3) is 5.91 Å². The van der Waals surface area contributed by atoms with Crippen LogP contribution in [0.4, 0.5) is 10.8 Å². The van der Waals surface area contributed by atoms with Crippen molar-refractivity contribution < 1.29 is 18.7 Å². The zero-order chi connectivity index (χ0) is 22.8. The Hall–Kier alpha value is -4.17. The number of amides is 2. The Balaban J connectivity index is 1.30. The van der Waals surface area contributed by atoms with E-state index in [9.17, 15) is 9.59 Å². The number of hydrogen-bond acceptors (Lipinski definition) is 6. The van der Waals surface area contributed by atoms with Crippen molar-refractivity contribution in [2.75, 3.05) is 17.7 Å². The smallest absolute Gasteiger partial charge is 0.257 e. The van der Waals surface area contributed by atoms with Crippen LogP contribution in [-0.4, -0.2) is 23.9 Å². The highest BCUT2D eigenvalue weighted by Crippen LogP contribution is 2.36. The number of thiazole rings is 1. The Morgan fingerprint density at radius 2 is 1.76 bits per heavy atom. The van der Waals surface area contributed by atoms with Crippen LogP contribution in [0, 0.1) is 0 Å². The summed E-state index contributed by atoms with van der Waals surface area (Å²) in [5, 5.41) is 9.72. The number of aromatic nitrogens is 1. The van der Waals surface area contributed by atoms with E-state index in [1.165, 1.54) is 11.3 Å². The van der Waals surface area contributed by atoms with Crippen LogP contribution in [0.2, 0.25) is 0 Å². The molecule has 33 heavy (non-hydrogen) atoms. The fourth-order valence-electron chi connectivity index (χ4n) is 3.58. The van der Waals surface area contributed by atoms with Gasteiger partial charge < -0.3 is 14.5 Å². The third-order valence-electron chi connectivity index (χ3n) is 5.12. The summed E-state index contributed by atoms with van der Waals surface area (Å²) in [6.45, 7) is 0. The number of hydrogen-bond donors (Lipinski definition) is 2. The number of carbonyl (C=O) groups excluding carboxylic acids is 2. The first-order valence-corrected chi connectivity index (χ1v) is 11.1. The molecule has 0 aliphatic heterocycles. The number of fused-ring (bicyclic) bond motifs is 3. The van der Waals surface area contributed by atoms with Crippen molar-refractivity contribution in [1.82, 2.24) is 4.98 Å². The molecule has 0 radical (unpaired) electrons. The molecule has 0 saturated carbocycles. The first kappa shape index (κ1) is 20.7. The minimum atomic E-state index is -0.255. The standard InChI is InChI=1S/C25H19N3O4S/c1-31-22-12-18-17-9-5-6-10-20(17)32-21(18)13-19(22)27-23(29)11-16-14-33-25(26-16)28-24(30)15-7-3-2-4-8-15/h2-10,12-14H,11H2,1H3,(H,27,29)(H,26,28,30). The van der Waals surface area contributed by atoms with Crippen molar-refractivity contribution in [3.63, 3.8) is 0 Å². The fraction of sp³-hybridized carbons (Fsp3) is 0.0800. The molecule has 2 amide bonds. The Bertz CT molecular complexity index is 1470. The van der Waals surface area contributed by atoms with E-state index in [1.54, 1.807) is 42.8 Å². The van der Waals surface area contributed by atoms with Crippen LogP contribution in [-0.2, 0) is 11.2 Å². The van der Waals surface area contributed by atoms with Gasteiger partial charge in [-0.3, -0.25) is 14.9 Å². The molecule has 0 aliphatic rings. The van der Waals surface area contributed by atoms with Gasteiger partial charge in [0, 0.05) is 27.8 Å². The van der Waals surface area contributed by atoms with Crippen LogP contribution < -0.4 is 15.4 Å². The lowest BCUT2D eigenvalue weighted by Crippen LogP contribution is -2.15. The largest absolute Gasteiger partial charge is 0.495 e. The Morgan fingerprint density at radius 1 is 0.970 bits per heavy atom. The summed E-state index contributed by atoms with van der Waals surface area (Å²) < 4.78 is 11.4. The molecule has 0 atom stereocenters. The van der Waals surface area contributed by atoms with E-state index in [2.05, 4.69) is 15.6 Å². The molecule has 3 aromatic carbocycles. The van der Waals surface area contributed by atoms with E-state index < -0.39 is 0 Å². The number of rotatable bonds is 6. The second-order valence-electron chi connectivity index (χ2n) is 7.34. The Morgan fingerprint density at radius 3 is 2.58 bits per heavy atom. The molecule has 2 N–H and O–H groups in total. The maximum absolute atomic E-state index is 12.7. The molecule has 0 fully saturated rings. The molecule has 0 aliphatic carbocycles. The van der Waals surface area contributed by atoms with Gasteiger partial charge in [0.1, 0.15) is 16.9 Å². The second-order valence-corrected chi connectivity index (χ2v) is 8.19. The summed E-state index contributed by atoms with van der Waals surface area (Å²) in [6, 6.07) is 20.2. The Kier molecular flexibility index (Phi) is 5.50. The van der Waals surface area contributed by atoms with Crippen molar-refractivity contribution in [2.45, 2.75) is 6.42 Å². The predicted octanol–water partition coefficient (Wildman–Crippen LogP) is 5.48. The number of nitrogens with zero attached hydrogens (tertiary/aromatic N) is 1. The van der Waals surface area contributed by atoms with Crippen LogP contribution in [0.1, 0.15) is 16.1 Å². The molecule has 7 nitrogen and oxygen atoms in total. The average Bonchev–Trinajstić information content (AvgIpc) is 3.42. The van der Waals surface area contributed by atoms with E-state index in [4.69, 9.17) is 9.15 Å². The number of furan rings is 1. The van der Waals surface area contributed by atoms with Crippen molar-refractivity contribution in [3.05, 3.63) is 83.4 Å². The van der Waals surface area contributed by atoms with Gasteiger partial charge in [0.05, 0.1) is 24.9 Å². The maximum atomic E-state index is 12.7. The summed E-state index contributed by atoms with van der Waals surface area (Å²) in [4.78, 5) is 29.3. The number of benzene rings is 3. The lowest BCUT2D eigenvalue weighted by Gasteiger charge is -2.10. The van der Waals surface area contributed by atoms with Crippen LogP contribution in [0.25, 0.3) is 21.9 Å². The molecular weight excluding hydrogens is 438 g/mol. The van der Waals surface area contributed by atoms with Crippen LogP contribution in [0.5, 0.6) is 5.75 Å². The van der Waals surface area contributed by atoms with E-state index in [1.807, 2.05) is 36.4 Å². The molecule has 2 aromatic heterocycles. The molecule has 5 rings (SSSR count). The van der Waals surface area contributed by atoms with Gasteiger partial charge in [-0.25, -0.2) is 4.98 Å². The number of methoxy groups -OCH3 is 1. The second kappa shape index (κ2) is 8.76. The Labute approximate surface area is 193 Å². The van der Waals surface area contributed by atoms with E-state index in [0.717, 1.165) is 16.4 Å². The van der Waals surface area contributed by atoms with E-state index >= 15 is 0 Å². The van der Waals surface area contributed by atoms with Gasteiger partial charge in [-0.1, -0.05) is 36.4 Å². The monoisotopic (exact) mass is 457 g/mol. The van der Waals surface area contributed by atoms with Crippen molar-refractivity contribution in [2.24, 2.45) is 0 Å². The van der Waals surface area contributed by atoms with Gasteiger partial charge in [-0.15, -0.1) is 11.3 Å². The van der Waals surface area contributed by atoms with Crippen molar-refractivity contribution in [3.8, 4) is 5.75 Å². The predicted molar refractivity (Wildman–Crippen MR) is 129 cm³/mol. The zero-order valence-electron chi connectivity index (χ0n) is 17.6. The molecule has 0 bridgehead atoms. The lowest BCUT2D eigenvalue weighted by molar-refractivity contribution is -0.115. The highest BCUT2D eigenvalue weighted by molar-refractivity contribution is 7.14.